The highest BCUT2D eigenvalue weighted by Gasteiger charge is 2.12. The van der Waals surface area contributed by atoms with E-state index in [4.69, 9.17) is 0 Å². The minimum absolute atomic E-state index is 0.332. The highest BCUT2D eigenvalue weighted by Crippen LogP contribution is 2.20. The molecule has 0 spiro atoms. The third kappa shape index (κ3) is 3.70. The molecule has 1 aromatic heterocycles. The van der Waals surface area contributed by atoms with Crippen molar-refractivity contribution in [2.24, 2.45) is 0 Å². The summed E-state index contributed by atoms with van der Waals surface area (Å²) in [4.78, 5) is 37.4. The summed E-state index contributed by atoms with van der Waals surface area (Å²) < 4.78 is 15.3. The number of amides is 1. The van der Waals surface area contributed by atoms with Gasteiger partial charge in [-0.05, 0) is 35.7 Å². The van der Waals surface area contributed by atoms with Gasteiger partial charge in [-0.25, -0.2) is 4.39 Å². The van der Waals surface area contributed by atoms with Gasteiger partial charge in [0.25, 0.3) is 0 Å². The van der Waals surface area contributed by atoms with E-state index in [2.05, 4.69) is 5.32 Å². The molecule has 4 rings (SSSR count). The lowest BCUT2D eigenvalue weighted by Crippen LogP contribution is -2.41. The molecule has 3 aromatic carbocycles. The van der Waals surface area contributed by atoms with Crippen LogP contribution in [-0.2, 0) is 11.3 Å². The fourth-order valence-electron chi connectivity index (χ4n) is 3.13. The first kappa shape index (κ1) is 18.4. The van der Waals surface area contributed by atoms with Crippen LogP contribution in [-0.4, -0.2) is 15.0 Å². The summed E-state index contributed by atoms with van der Waals surface area (Å²) in [5, 5.41) is 4.34. The van der Waals surface area contributed by atoms with Gasteiger partial charge in [-0.2, -0.15) is 0 Å². The van der Waals surface area contributed by atoms with Gasteiger partial charge in [0.1, 0.15) is 12.4 Å². The molecule has 0 radical (unpaired) electrons. The second-order valence-corrected chi connectivity index (χ2v) is 6.46. The van der Waals surface area contributed by atoms with Crippen LogP contribution in [0.5, 0.6) is 0 Å². The van der Waals surface area contributed by atoms with Crippen molar-refractivity contribution in [2.45, 2.75) is 6.54 Å². The van der Waals surface area contributed by atoms with Crippen LogP contribution >= 0.6 is 0 Å². The molecule has 4 aromatic rings. The van der Waals surface area contributed by atoms with Gasteiger partial charge in [-0.1, -0.05) is 36.4 Å². The number of carbonyl (C=O) groups is 1. The lowest BCUT2D eigenvalue weighted by molar-refractivity contribution is -0.116. The SMILES string of the molecule is O=C(Cn1ccn(-c2cccc3ccccc23)c(=O)c1=O)Nc1ccc(F)cc1. The summed E-state index contributed by atoms with van der Waals surface area (Å²) in [6.45, 7) is -0.332. The maximum atomic E-state index is 12.9. The molecular weight excluding hydrogens is 373 g/mol. The van der Waals surface area contributed by atoms with Gasteiger partial charge in [0.05, 0.1) is 5.69 Å². The van der Waals surface area contributed by atoms with Gasteiger partial charge in [-0.3, -0.25) is 23.5 Å². The fourth-order valence-corrected chi connectivity index (χ4v) is 3.13. The van der Waals surface area contributed by atoms with Crippen LogP contribution in [0.25, 0.3) is 16.5 Å². The second kappa shape index (κ2) is 7.55. The Balaban J connectivity index is 1.64. The number of hydrogen-bond donors (Lipinski definition) is 1. The van der Waals surface area contributed by atoms with E-state index in [1.807, 2.05) is 36.4 Å². The van der Waals surface area contributed by atoms with Gasteiger partial charge >= 0.3 is 11.1 Å². The first-order valence-electron chi connectivity index (χ1n) is 8.88. The molecule has 0 aliphatic carbocycles. The van der Waals surface area contributed by atoms with Gasteiger partial charge in [0, 0.05) is 23.5 Å². The fraction of sp³-hybridized carbons (Fsp3) is 0.0455. The van der Waals surface area contributed by atoms with E-state index < -0.39 is 22.8 Å². The summed E-state index contributed by atoms with van der Waals surface area (Å²) in [5.74, 6) is -0.919. The number of aromatic nitrogens is 2. The number of benzene rings is 3. The van der Waals surface area contributed by atoms with Crippen molar-refractivity contribution in [2.75, 3.05) is 5.32 Å². The lowest BCUT2D eigenvalue weighted by Gasteiger charge is -2.11. The predicted octanol–water partition coefficient (Wildman–Crippen LogP) is 2.93. The molecular formula is C22H16FN3O3. The standard InChI is InChI=1S/C22H16FN3O3/c23-16-8-10-17(11-9-16)24-20(27)14-25-12-13-26(22(29)21(25)28)19-7-3-5-15-4-1-2-6-18(15)19/h1-13H,14H2,(H,24,27). The Morgan fingerprint density at radius 3 is 2.38 bits per heavy atom. The normalized spacial score (nSPS) is 10.8. The zero-order valence-corrected chi connectivity index (χ0v) is 15.2. The molecule has 0 aliphatic rings. The maximum absolute atomic E-state index is 12.9. The van der Waals surface area contributed by atoms with Crippen molar-refractivity contribution in [3.8, 4) is 5.69 Å². The molecule has 0 bridgehead atoms. The Morgan fingerprint density at radius 2 is 1.59 bits per heavy atom. The van der Waals surface area contributed by atoms with E-state index >= 15 is 0 Å². The average molecular weight is 389 g/mol. The molecule has 144 valence electrons. The topological polar surface area (TPSA) is 73.1 Å². The van der Waals surface area contributed by atoms with Crippen molar-refractivity contribution in [1.29, 1.82) is 0 Å². The van der Waals surface area contributed by atoms with E-state index in [-0.39, 0.29) is 6.54 Å². The molecule has 0 unspecified atom stereocenters. The third-order valence-electron chi connectivity index (χ3n) is 4.53. The van der Waals surface area contributed by atoms with Gasteiger partial charge in [0.2, 0.25) is 5.91 Å². The van der Waals surface area contributed by atoms with Crippen LogP contribution < -0.4 is 16.4 Å². The van der Waals surface area contributed by atoms with Gasteiger partial charge < -0.3 is 5.32 Å². The molecule has 7 heteroatoms. The first-order chi connectivity index (χ1) is 14.0. The summed E-state index contributed by atoms with van der Waals surface area (Å²) in [6, 6.07) is 18.3. The molecule has 0 fully saturated rings. The molecule has 0 saturated carbocycles. The number of nitrogens with one attached hydrogen (secondary N) is 1. The monoisotopic (exact) mass is 389 g/mol. The zero-order chi connectivity index (χ0) is 20.4. The van der Waals surface area contributed by atoms with Crippen LogP contribution in [0.2, 0.25) is 0 Å². The smallest absolute Gasteiger partial charge is 0.321 e. The lowest BCUT2D eigenvalue weighted by atomic mass is 10.1. The van der Waals surface area contributed by atoms with Crippen molar-refractivity contribution >= 4 is 22.4 Å². The Hall–Kier alpha value is -4.00. The Bertz CT molecular complexity index is 1320. The van der Waals surface area contributed by atoms with E-state index in [1.54, 1.807) is 6.07 Å². The summed E-state index contributed by atoms with van der Waals surface area (Å²) in [5.41, 5.74) is -0.574. The molecule has 0 aliphatic heterocycles. The summed E-state index contributed by atoms with van der Waals surface area (Å²) >= 11 is 0. The van der Waals surface area contributed by atoms with Crippen molar-refractivity contribution in [3.63, 3.8) is 0 Å². The molecule has 1 amide bonds. The maximum Gasteiger partial charge on any atom is 0.321 e. The quantitative estimate of drug-likeness (QED) is 0.546. The number of halogens is 1. The Labute approximate surface area is 164 Å². The van der Waals surface area contributed by atoms with E-state index in [0.29, 0.717) is 11.4 Å². The minimum Gasteiger partial charge on any atom is -0.325 e. The van der Waals surface area contributed by atoms with Gasteiger partial charge in [0.15, 0.2) is 0 Å². The van der Waals surface area contributed by atoms with Crippen molar-refractivity contribution in [3.05, 3.63) is 106 Å². The van der Waals surface area contributed by atoms with Crippen molar-refractivity contribution in [1.82, 2.24) is 9.13 Å². The number of nitrogens with zero attached hydrogens (tertiary/aromatic N) is 2. The third-order valence-corrected chi connectivity index (χ3v) is 4.53. The van der Waals surface area contributed by atoms with E-state index in [1.165, 1.54) is 41.2 Å². The highest BCUT2D eigenvalue weighted by atomic mass is 19.1. The zero-order valence-electron chi connectivity index (χ0n) is 15.2. The minimum atomic E-state index is -0.810. The molecule has 0 atom stereocenters. The van der Waals surface area contributed by atoms with Crippen LogP contribution in [0, 0.1) is 5.82 Å². The molecule has 0 saturated heterocycles. The Kier molecular flexibility index (Phi) is 4.78. The van der Waals surface area contributed by atoms with Crippen molar-refractivity contribution < 1.29 is 9.18 Å². The molecule has 1 heterocycles. The number of fused-ring (bicyclic) bond motifs is 1. The molecule has 1 N–H and O–H groups in total. The number of rotatable bonds is 4. The van der Waals surface area contributed by atoms with Crippen LogP contribution in [0.3, 0.4) is 0 Å². The second-order valence-electron chi connectivity index (χ2n) is 6.46. The first-order valence-corrected chi connectivity index (χ1v) is 8.88. The Morgan fingerprint density at radius 1 is 0.862 bits per heavy atom. The summed E-state index contributed by atoms with van der Waals surface area (Å²) in [6.07, 6.45) is 2.87. The number of anilines is 1. The predicted molar refractivity (Wildman–Crippen MR) is 109 cm³/mol. The highest BCUT2D eigenvalue weighted by molar-refractivity contribution is 5.91. The largest absolute Gasteiger partial charge is 0.325 e. The number of hydrogen-bond acceptors (Lipinski definition) is 3. The van der Waals surface area contributed by atoms with E-state index in [0.717, 1.165) is 15.3 Å². The summed E-state index contributed by atoms with van der Waals surface area (Å²) in [7, 11) is 0. The van der Waals surface area contributed by atoms with Crippen LogP contribution in [0.15, 0.2) is 88.7 Å². The number of carbonyl (C=O) groups excluding carboxylic acids is 1. The van der Waals surface area contributed by atoms with E-state index in [9.17, 15) is 18.8 Å². The van der Waals surface area contributed by atoms with Crippen LogP contribution in [0.1, 0.15) is 0 Å². The average Bonchev–Trinajstić information content (AvgIpc) is 2.73. The van der Waals surface area contributed by atoms with Crippen LogP contribution in [0.4, 0.5) is 10.1 Å². The molecule has 29 heavy (non-hydrogen) atoms. The molecule has 6 nitrogen and oxygen atoms in total. The van der Waals surface area contributed by atoms with Gasteiger partial charge in [-0.15, -0.1) is 0 Å².